The fraction of sp³-hybridized carbons (Fsp3) is 0.800. The quantitative estimate of drug-likeness (QED) is 0.536. The summed E-state index contributed by atoms with van der Waals surface area (Å²) in [5.74, 6) is -1.12. The van der Waals surface area contributed by atoms with E-state index in [1.165, 1.54) is 21.1 Å². The number of ether oxygens (including phenoxy) is 2. The Hall–Kier alpha value is -0.810. The first-order valence-corrected chi connectivity index (χ1v) is 2.72. The maximum atomic E-state index is 10.3. The molecule has 0 atom stereocenters. The van der Waals surface area contributed by atoms with Crippen LogP contribution in [0.4, 0.5) is 4.79 Å². The zero-order valence-electron chi connectivity index (χ0n) is 6.30. The number of nitrogens with one attached hydrogen (secondary N) is 1. The van der Waals surface area contributed by atoms with Gasteiger partial charge in [-0.2, -0.15) is 0 Å². The van der Waals surface area contributed by atoms with Gasteiger partial charge in [0.1, 0.15) is 0 Å². The molecule has 0 aliphatic carbocycles. The molecular formula is C5H12N2O3. The number of rotatable bonds is 3. The van der Waals surface area contributed by atoms with Gasteiger partial charge in [-0.3, -0.25) is 5.32 Å². The Balaban J connectivity index is 3.92. The third-order valence-corrected chi connectivity index (χ3v) is 1.13. The average molecular weight is 148 g/mol. The van der Waals surface area contributed by atoms with E-state index in [9.17, 15) is 4.79 Å². The summed E-state index contributed by atoms with van der Waals surface area (Å²) in [6.45, 7) is 1.54. The van der Waals surface area contributed by atoms with Crippen molar-refractivity contribution in [2.45, 2.75) is 12.8 Å². The van der Waals surface area contributed by atoms with Gasteiger partial charge in [0.05, 0.1) is 0 Å². The van der Waals surface area contributed by atoms with E-state index in [2.05, 4.69) is 5.32 Å². The van der Waals surface area contributed by atoms with Gasteiger partial charge in [0.25, 0.3) is 0 Å². The number of methoxy groups -OCH3 is 2. The lowest BCUT2D eigenvalue weighted by Gasteiger charge is -2.25. The number of hydrogen-bond acceptors (Lipinski definition) is 3. The summed E-state index contributed by atoms with van der Waals surface area (Å²) >= 11 is 0. The van der Waals surface area contributed by atoms with Gasteiger partial charge in [-0.1, -0.05) is 0 Å². The van der Waals surface area contributed by atoms with Gasteiger partial charge >= 0.3 is 6.03 Å². The van der Waals surface area contributed by atoms with Gasteiger partial charge in [-0.15, -0.1) is 0 Å². The number of primary amides is 1. The number of hydrogen-bond donors (Lipinski definition) is 2. The minimum absolute atomic E-state index is 0.689. The number of amides is 2. The van der Waals surface area contributed by atoms with Crippen LogP contribution in [0.25, 0.3) is 0 Å². The van der Waals surface area contributed by atoms with Crippen LogP contribution in [0.3, 0.4) is 0 Å². The summed E-state index contributed by atoms with van der Waals surface area (Å²) in [5.41, 5.74) is 4.82. The van der Waals surface area contributed by atoms with E-state index in [1.54, 1.807) is 0 Å². The summed E-state index contributed by atoms with van der Waals surface area (Å²) in [6.07, 6.45) is 0. The maximum absolute atomic E-state index is 10.3. The van der Waals surface area contributed by atoms with E-state index in [-0.39, 0.29) is 0 Å². The number of carbonyl (C=O) groups excluding carboxylic acids is 1. The molecule has 10 heavy (non-hydrogen) atoms. The molecule has 0 bridgehead atoms. The molecule has 0 radical (unpaired) electrons. The largest absolute Gasteiger partial charge is 0.352 e. The molecule has 5 nitrogen and oxygen atoms in total. The van der Waals surface area contributed by atoms with Gasteiger partial charge in [-0.05, 0) is 0 Å². The maximum Gasteiger partial charge on any atom is 0.316 e. The average Bonchev–Trinajstić information content (AvgIpc) is 1.87. The van der Waals surface area contributed by atoms with Crippen LogP contribution in [0.5, 0.6) is 0 Å². The molecule has 0 rings (SSSR count). The molecule has 0 saturated carbocycles. The fourth-order valence-electron chi connectivity index (χ4n) is 0.409. The standard InChI is InChI=1S/C5H12N2O3/c1-5(9-2,10-3)7-4(6)8/h1-3H3,(H3,6,7,8). The van der Waals surface area contributed by atoms with Crippen LogP contribution in [0.1, 0.15) is 6.92 Å². The van der Waals surface area contributed by atoms with Crippen LogP contribution >= 0.6 is 0 Å². The smallest absolute Gasteiger partial charge is 0.316 e. The molecule has 0 aromatic carbocycles. The lowest BCUT2D eigenvalue weighted by molar-refractivity contribution is -0.205. The van der Waals surface area contributed by atoms with Crippen LogP contribution < -0.4 is 11.1 Å². The summed E-state index contributed by atoms with van der Waals surface area (Å²) in [6, 6.07) is -0.689. The van der Waals surface area contributed by atoms with Crippen LogP contribution in [-0.2, 0) is 9.47 Å². The van der Waals surface area contributed by atoms with Crippen molar-refractivity contribution in [1.82, 2.24) is 5.32 Å². The third-order valence-electron chi connectivity index (χ3n) is 1.13. The first-order valence-electron chi connectivity index (χ1n) is 2.72. The van der Waals surface area contributed by atoms with Crippen molar-refractivity contribution >= 4 is 6.03 Å². The predicted molar refractivity (Wildman–Crippen MR) is 35.1 cm³/mol. The number of carbonyl (C=O) groups is 1. The fourth-order valence-corrected chi connectivity index (χ4v) is 0.409. The normalized spacial score (nSPS) is 11.1. The van der Waals surface area contributed by atoms with E-state index >= 15 is 0 Å². The monoisotopic (exact) mass is 148 g/mol. The van der Waals surface area contributed by atoms with Crippen molar-refractivity contribution in [3.05, 3.63) is 0 Å². The highest BCUT2D eigenvalue weighted by molar-refractivity contribution is 5.72. The Morgan fingerprint density at radius 3 is 2.00 bits per heavy atom. The Bertz CT molecular complexity index is 122. The SMILES string of the molecule is COC(C)(NC(N)=O)OC. The summed E-state index contributed by atoms with van der Waals surface area (Å²) in [5, 5.41) is 2.25. The first kappa shape index (κ1) is 9.19. The molecular weight excluding hydrogens is 136 g/mol. The molecule has 0 aliphatic rings. The second kappa shape index (κ2) is 3.38. The molecule has 2 amide bonds. The lowest BCUT2D eigenvalue weighted by Crippen LogP contribution is -2.51. The van der Waals surface area contributed by atoms with E-state index in [0.717, 1.165) is 0 Å². The van der Waals surface area contributed by atoms with Gasteiger partial charge < -0.3 is 15.2 Å². The molecule has 0 fully saturated rings. The van der Waals surface area contributed by atoms with E-state index < -0.39 is 11.9 Å². The van der Waals surface area contributed by atoms with Crippen LogP contribution in [-0.4, -0.2) is 26.2 Å². The van der Waals surface area contributed by atoms with E-state index in [0.29, 0.717) is 0 Å². The van der Waals surface area contributed by atoms with Gasteiger partial charge in [0.2, 0.25) is 5.91 Å². The highest BCUT2D eigenvalue weighted by atomic mass is 16.7. The van der Waals surface area contributed by atoms with Crippen molar-refractivity contribution in [3.8, 4) is 0 Å². The molecule has 3 N–H and O–H groups in total. The molecule has 0 saturated heterocycles. The summed E-state index contributed by atoms with van der Waals surface area (Å²) < 4.78 is 9.53. The zero-order valence-corrected chi connectivity index (χ0v) is 6.30. The van der Waals surface area contributed by atoms with Crippen molar-refractivity contribution in [3.63, 3.8) is 0 Å². The van der Waals surface area contributed by atoms with Crippen molar-refractivity contribution in [1.29, 1.82) is 0 Å². The van der Waals surface area contributed by atoms with Crippen LogP contribution in [0.2, 0.25) is 0 Å². The number of nitrogens with two attached hydrogens (primary N) is 1. The Labute approximate surface area is 59.5 Å². The van der Waals surface area contributed by atoms with Crippen molar-refractivity contribution < 1.29 is 14.3 Å². The van der Waals surface area contributed by atoms with Crippen LogP contribution in [0, 0.1) is 0 Å². The van der Waals surface area contributed by atoms with Crippen molar-refractivity contribution in [2.24, 2.45) is 5.73 Å². The highest BCUT2D eigenvalue weighted by Crippen LogP contribution is 2.02. The van der Waals surface area contributed by atoms with E-state index in [4.69, 9.17) is 15.2 Å². The second-order valence-corrected chi connectivity index (χ2v) is 1.84. The second-order valence-electron chi connectivity index (χ2n) is 1.84. The molecule has 0 spiro atoms. The highest BCUT2D eigenvalue weighted by Gasteiger charge is 2.23. The minimum Gasteiger partial charge on any atom is -0.352 e. The first-order chi connectivity index (χ1) is 4.54. The molecule has 0 unspecified atom stereocenters. The molecule has 5 heteroatoms. The molecule has 0 heterocycles. The lowest BCUT2D eigenvalue weighted by atomic mass is 10.5. The number of urea groups is 1. The van der Waals surface area contributed by atoms with Gasteiger partial charge in [-0.25, -0.2) is 4.79 Å². The summed E-state index contributed by atoms with van der Waals surface area (Å²) in [4.78, 5) is 10.3. The zero-order chi connectivity index (χ0) is 8.20. The molecule has 60 valence electrons. The molecule has 0 aromatic rings. The van der Waals surface area contributed by atoms with Crippen molar-refractivity contribution in [2.75, 3.05) is 14.2 Å². The van der Waals surface area contributed by atoms with Crippen LogP contribution in [0.15, 0.2) is 0 Å². The Morgan fingerprint density at radius 2 is 1.90 bits per heavy atom. The topological polar surface area (TPSA) is 73.6 Å². The van der Waals surface area contributed by atoms with Gasteiger partial charge in [0.15, 0.2) is 0 Å². The Kier molecular flexibility index (Phi) is 3.11. The Morgan fingerprint density at radius 1 is 1.50 bits per heavy atom. The van der Waals surface area contributed by atoms with Gasteiger partial charge in [0, 0.05) is 21.1 Å². The molecule has 0 aliphatic heterocycles. The van der Waals surface area contributed by atoms with E-state index in [1.807, 2.05) is 0 Å². The predicted octanol–water partition coefficient (Wildman–Crippen LogP) is -0.379. The molecule has 0 aromatic heterocycles. The minimum atomic E-state index is -1.12. The third kappa shape index (κ3) is 2.65. The summed E-state index contributed by atoms with van der Waals surface area (Å²) in [7, 11) is 2.80.